The first kappa shape index (κ1) is 10.9. The second-order valence-electron chi connectivity index (χ2n) is 4.90. The zero-order valence-electron chi connectivity index (χ0n) is 9.09. The van der Waals surface area contributed by atoms with Gasteiger partial charge in [0.1, 0.15) is 6.04 Å². The molecule has 4 nitrogen and oxygen atoms in total. The Hall–Kier alpha value is -0.610. The number of aliphatic hydroxyl groups excluding tert-OH is 1. The number of carboxylic acids is 1. The fraction of sp³-hybridized carbons (Fsp3) is 0.909. The normalized spacial score (nSPS) is 31.5. The number of aliphatic hydroxyl groups is 1. The molecule has 86 valence electrons. The summed E-state index contributed by atoms with van der Waals surface area (Å²) < 4.78 is 0. The Morgan fingerprint density at radius 2 is 2.00 bits per heavy atom. The second kappa shape index (κ2) is 4.10. The standard InChI is InChI=1S/C11H19NO3/c1-7(13)9-4-5-12(6-9)10(11(14)15)8-2-3-8/h7-10,13H,2-6H2,1H3,(H,14,15). The number of hydrogen-bond donors (Lipinski definition) is 2. The molecular weight excluding hydrogens is 194 g/mol. The molecule has 1 saturated heterocycles. The van der Waals surface area contributed by atoms with Gasteiger partial charge in [-0.25, -0.2) is 0 Å². The Balaban J connectivity index is 1.95. The van der Waals surface area contributed by atoms with Gasteiger partial charge in [0.15, 0.2) is 0 Å². The van der Waals surface area contributed by atoms with Gasteiger partial charge in [0.05, 0.1) is 6.10 Å². The lowest BCUT2D eigenvalue weighted by atomic mass is 10.0. The van der Waals surface area contributed by atoms with Crippen molar-refractivity contribution < 1.29 is 15.0 Å². The molecule has 2 fully saturated rings. The van der Waals surface area contributed by atoms with Crippen LogP contribution >= 0.6 is 0 Å². The highest BCUT2D eigenvalue weighted by atomic mass is 16.4. The monoisotopic (exact) mass is 213 g/mol. The maximum atomic E-state index is 11.1. The van der Waals surface area contributed by atoms with Crippen molar-refractivity contribution in [1.29, 1.82) is 0 Å². The lowest BCUT2D eigenvalue weighted by molar-refractivity contribution is -0.143. The molecule has 1 heterocycles. The van der Waals surface area contributed by atoms with E-state index in [2.05, 4.69) is 0 Å². The molecule has 0 radical (unpaired) electrons. The first-order chi connectivity index (χ1) is 7.09. The van der Waals surface area contributed by atoms with Crippen LogP contribution in [0.2, 0.25) is 0 Å². The van der Waals surface area contributed by atoms with Crippen LogP contribution < -0.4 is 0 Å². The van der Waals surface area contributed by atoms with Crippen molar-refractivity contribution in [2.45, 2.75) is 38.3 Å². The highest BCUT2D eigenvalue weighted by molar-refractivity contribution is 5.74. The molecule has 0 aromatic rings. The largest absolute Gasteiger partial charge is 0.480 e. The molecule has 0 aromatic carbocycles. The summed E-state index contributed by atoms with van der Waals surface area (Å²) >= 11 is 0. The van der Waals surface area contributed by atoms with Gasteiger partial charge in [0.2, 0.25) is 0 Å². The van der Waals surface area contributed by atoms with Gasteiger partial charge in [-0.2, -0.15) is 0 Å². The summed E-state index contributed by atoms with van der Waals surface area (Å²) in [6.45, 7) is 3.36. The van der Waals surface area contributed by atoms with E-state index in [-0.39, 0.29) is 18.1 Å². The van der Waals surface area contributed by atoms with Gasteiger partial charge in [-0.1, -0.05) is 0 Å². The molecule has 15 heavy (non-hydrogen) atoms. The molecule has 2 aliphatic rings. The van der Waals surface area contributed by atoms with Crippen molar-refractivity contribution >= 4 is 5.97 Å². The van der Waals surface area contributed by atoms with Gasteiger partial charge in [0, 0.05) is 6.54 Å². The third-order valence-corrected chi connectivity index (χ3v) is 3.65. The first-order valence-electron chi connectivity index (χ1n) is 5.74. The Kier molecular flexibility index (Phi) is 2.98. The number of likely N-dealkylation sites (tertiary alicyclic amines) is 1. The molecule has 1 aliphatic carbocycles. The van der Waals surface area contributed by atoms with E-state index in [1.54, 1.807) is 6.92 Å². The molecule has 2 rings (SSSR count). The predicted molar refractivity (Wildman–Crippen MR) is 55.5 cm³/mol. The highest BCUT2D eigenvalue weighted by Crippen LogP contribution is 2.37. The Bertz CT molecular complexity index is 250. The highest BCUT2D eigenvalue weighted by Gasteiger charge is 2.43. The Labute approximate surface area is 89.9 Å². The average molecular weight is 213 g/mol. The SMILES string of the molecule is CC(O)C1CCN(C(C(=O)O)C2CC2)C1. The number of aliphatic carboxylic acids is 1. The van der Waals surface area contributed by atoms with E-state index >= 15 is 0 Å². The summed E-state index contributed by atoms with van der Waals surface area (Å²) in [4.78, 5) is 13.2. The number of hydrogen-bond acceptors (Lipinski definition) is 3. The van der Waals surface area contributed by atoms with Crippen molar-refractivity contribution in [2.24, 2.45) is 11.8 Å². The number of carboxylic acid groups (broad SMARTS) is 1. The summed E-state index contributed by atoms with van der Waals surface area (Å²) in [6.07, 6.45) is 2.71. The van der Waals surface area contributed by atoms with Crippen molar-refractivity contribution in [2.75, 3.05) is 13.1 Å². The van der Waals surface area contributed by atoms with Gasteiger partial charge in [0.25, 0.3) is 0 Å². The van der Waals surface area contributed by atoms with Gasteiger partial charge in [-0.3, -0.25) is 9.69 Å². The molecular formula is C11H19NO3. The summed E-state index contributed by atoms with van der Waals surface area (Å²) in [5.41, 5.74) is 0. The zero-order chi connectivity index (χ0) is 11.0. The predicted octanol–water partition coefficient (Wildman–Crippen LogP) is 0.552. The van der Waals surface area contributed by atoms with Crippen molar-refractivity contribution in [3.63, 3.8) is 0 Å². The summed E-state index contributed by atoms with van der Waals surface area (Å²) in [7, 11) is 0. The van der Waals surface area contributed by atoms with Gasteiger partial charge >= 0.3 is 5.97 Å². The second-order valence-corrected chi connectivity index (χ2v) is 4.90. The topological polar surface area (TPSA) is 60.8 Å². The molecule has 1 saturated carbocycles. The minimum absolute atomic E-state index is 0.255. The number of nitrogens with zero attached hydrogens (tertiary/aromatic N) is 1. The minimum Gasteiger partial charge on any atom is -0.480 e. The van der Waals surface area contributed by atoms with Crippen LogP contribution in [0, 0.1) is 11.8 Å². The molecule has 0 amide bonds. The third kappa shape index (κ3) is 2.32. The van der Waals surface area contributed by atoms with Crippen LogP contribution in [0.15, 0.2) is 0 Å². The van der Waals surface area contributed by atoms with Crippen LogP contribution in [0.25, 0.3) is 0 Å². The zero-order valence-corrected chi connectivity index (χ0v) is 9.09. The average Bonchev–Trinajstić information content (AvgIpc) is 2.81. The van der Waals surface area contributed by atoms with Crippen LogP contribution in [-0.2, 0) is 4.79 Å². The first-order valence-corrected chi connectivity index (χ1v) is 5.74. The van der Waals surface area contributed by atoms with Crippen LogP contribution in [0.1, 0.15) is 26.2 Å². The molecule has 0 spiro atoms. The van der Waals surface area contributed by atoms with E-state index in [0.717, 1.165) is 32.4 Å². The molecule has 3 unspecified atom stereocenters. The maximum Gasteiger partial charge on any atom is 0.321 e. The van der Waals surface area contributed by atoms with E-state index in [4.69, 9.17) is 5.11 Å². The minimum atomic E-state index is -0.691. The number of rotatable bonds is 4. The smallest absolute Gasteiger partial charge is 0.321 e. The fourth-order valence-electron chi connectivity index (χ4n) is 2.53. The molecule has 0 bridgehead atoms. The molecule has 3 atom stereocenters. The fourth-order valence-corrected chi connectivity index (χ4v) is 2.53. The summed E-state index contributed by atoms with van der Waals surface area (Å²) in [5, 5.41) is 18.6. The van der Waals surface area contributed by atoms with Gasteiger partial charge in [-0.05, 0) is 44.6 Å². The summed E-state index contributed by atoms with van der Waals surface area (Å²) in [5.74, 6) is -0.0791. The van der Waals surface area contributed by atoms with Crippen LogP contribution in [0.3, 0.4) is 0 Å². The van der Waals surface area contributed by atoms with Gasteiger partial charge in [-0.15, -0.1) is 0 Å². The number of carbonyl (C=O) groups is 1. The Morgan fingerprint density at radius 1 is 1.33 bits per heavy atom. The van der Waals surface area contributed by atoms with E-state index in [1.165, 1.54) is 0 Å². The molecule has 0 aromatic heterocycles. The van der Waals surface area contributed by atoms with Gasteiger partial charge < -0.3 is 10.2 Å². The maximum absolute atomic E-state index is 11.1. The van der Waals surface area contributed by atoms with Crippen molar-refractivity contribution in [3.05, 3.63) is 0 Å². The third-order valence-electron chi connectivity index (χ3n) is 3.65. The van der Waals surface area contributed by atoms with Crippen molar-refractivity contribution in [1.82, 2.24) is 4.90 Å². The Morgan fingerprint density at radius 3 is 2.40 bits per heavy atom. The van der Waals surface area contributed by atoms with E-state index in [9.17, 15) is 9.90 Å². The molecule has 4 heteroatoms. The van der Waals surface area contributed by atoms with Crippen LogP contribution in [-0.4, -0.2) is 46.3 Å². The van der Waals surface area contributed by atoms with Crippen molar-refractivity contribution in [3.8, 4) is 0 Å². The quantitative estimate of drug-likeness (QED) is 0.716. The van der Waals surface area contributed by atoms with E-state index in [0.29, 0.717) is 5.92 Å². The summed E-state index contributed by atoms with van der Waals surface area (Å²) in [6, 6.07) is -0.297. The lowest BCUT2D eigenvalue weighted by Crippen LogP contribution is -2.41. The molecule has 2 N–H and O–H groups in total. The van der Waals surface area contributed by atoms with E-state index in [1.807, 2.05) is 4.90 Å². The van der Waals surface area contributed by atoms with E-state index < -0.39 is 5.97 Å². The van der Waals surface area contributed by atoms with Crippen LogP contribution in [0.4, 0.5) is 0 Å². The lowest BCUT2D eigenvalue weighted by Gasteiger charge is -2.24. The van der Waals surface area contributed by atoms with Crippen LogP contribution in [0.5, 0.6) is 0 Å². The molecule has 1 aliphatic heterocycles.